The number of nitrogens with zero attached hydrogens (tertiary/aromatic N) is 2. The lowest BCUT2D eigenvalue weighted by Crippen LogP contribution is -2.38. The molecule has 6 nitrogen and oxygen atoms in total. The Morgan fingerprint density at radius 2 is 1.92 bits per heavy atom. The zero-order chi connectivity index (χ0) is 18.7. The first-order chi connectivity index (χ1) is 12.5. The van der Waals surface area contributed by atoms with Gasteiger partial charge in [0.25, 0.3) is 5.69 Å². The minimum Gasteiger partial charge on any atom is -0.366 e. The van der Waals surface area contributed by atoms with Crippen molar-refractivity contribution < 1.29 is 14.1 Å². The van der Waals surface area contributed by atoms with Gasteiger partial charge < -0.3 is 10.2 Å². The molecule has 1 aliphatic rings. The molecule has 26 heavy (non-hydrogen) atoms. The summed E-state index contributed by atoms with van der Waals surface area (Å²) in [6.45, 7) is 2.92. The molecule has 7 heteroatoms. The topological polar surface area (TPSA) is 75.5 Å². The maximum atomic E-state index is 13.8. The standard InChI is InChI=1S/C19H20FN3O3/c1-13-6-7-15(20)16(12-13)21-19(24)14-8-10-22(11-9-14)17-4-2-3-5-18(17)23(25)26/h2-7,12,14H,8-11H2,1H3,(H,21,24). The van der Waals surface area contributed by atoms with Gasteiger partial charge in [-0.1, -0.05) is 18.2 Å². The highest BCUT2D eigenvalue weighted by molar-refractivity contribution is 5.93. The summed E-state index contributed by atoms with van der Waals surface area (Å²) in [5.41, 5.74) is 1.70. The number of nitrogens with one attached hydrogen (secondary N) is 1. The Kier molecular flexibility index (Phi) is 5.16. The molecule has 0 unspecified atom stereocenters. The number of benzene rings is 2. The predicted octanol–water partition coefficient (Wildman–Crippen LogP) is 3.90. The van der Waals surface area contributed by atoms with Crippen molar-refractivity contribution >= 4 is 23.0 Å². The molecule has 0 aromatic heterocycles. The summed E-state index contributed by atoms with van der Waals surface area (Å²) in [6, 6.07) is 11.2. The lowest BCUT2D eigenvalue weighted by Gasteiger charge is -2.32. The van der Waals surface area contributed by atoms with Crippen molar-refractivity contribution in [2.24, 2.45) is 5.92 Å². The van der Waals surface area contributed by atoms with Crippen LogP contribution < -0.4 is 10.2 Å². The average Bonchev–Trinajstić information content (AvgIpc) is 2.65. The molecule has 0 aliphatic carbocycles. The molecule has 1 saturated heterocycles. The smallest absolute Gasteiger partial charge is 0.292 e. The lowest BCUT2D eigenvalue weighted by molar-refractivity contribution is -0.384. The van der Waals surface area contributed by atoms with Gasteiger partial charge in [0.15, 0.2) is 0 Å². The number of nitro benzene ring substituents is 1. The number of carbonyl (C=O) groups is 1. The van der Waals surface area contributed by atoms with E-state index < -0.39 is 10.7 Å². The van der Waals surface area contributed by atoms with Crippen LogP contribution in [0.3, 0.4) is 0 Å². The van der Waals surface area contributed by atoms with Crippen LogP contribution in [0, 0.1) is 28.8 Å². The Labute approximate surface area is 150 Å². The van der Waals surface area contributed by atoms with Crippen molar-refractivity contribution in [2.75, 3.05) is 23.3 Å². The van der Waals surface area contributed by atoms with Crippen molar-refractivity contribution in [2.45, 2.75) is 19.8 Å². The number of rotatable bonds is 4. The largest absolute Gasteiger partial charge is 0.366 e. The first-order valence-electron chi connectivity index (χ1n) is 8.51. The quantitative estimate of drug-likeness (QED) is 0.665. The average molecular weight is 357 g/mol. The van der Waals surface area contributed by atoms with Gasteiger partial charge in [0.1, 0.15) is 11.5 Å². The fourth-order valence-electron chi connectivity index (χ4n) is 3.24. The number of piperidine rings is 1. The molecule has 2 aromatic rings. The van der Waals surface area contributed by atoms with Gasteiger partial charge in [-0.2, -0.15) is 0 Å². The molecule has 0 bridgehead atoms. The summed E-state index contributed by atoms with van der Waals surface area (Å²) in [4.78, 5) is 25.2. The SMILES string of the molecule is Cc1ccc(F)c(NC(=O)C2CCN(c3ccccc3[N+](=O)[O-])CC2)c1. The van der Waals surface area contributed by atoms with E-state index in [0.717, 1.165) is 5.56 Å². The second kappa shape index (κ2) is 7.51. The van der Waals surface area contributed by atoms with Gasteiger partial charge in [-0.3, -0.25) is 14.9 Å². The maximum absolute atomic E-state index is 13.8. The number of amides is 1. The number of hydrogen-bond acceptors (Lipinski definition) is 4. The fraction of sp³-hybridized carbons (Fsp3) is 0.316. The third-order valence-corrected chi connectivity index (χ3v) is 4.66. The van der Waals surface area contributed by atoms with Crippen LogP contribution >= 0.6 is 0 Å². The number of carbonyl (C=O) groups excluding carboxylic acids is 1. The lowest BCUT2D eigenvalue weighted by atomic mass is 9.95. The number of hydrogen-bond donors (Lipinski definition) is 1. The van der Waals surface area contributed by atoms with Crippen molar-refractivity contribution in [3.63, 3.8) is 0 Å². The number of halogens is 1. The molecule has 1 heterocycles. The molecule has 0 atom stereocenters. The highest BCUT2D eigenvalue weighted by atomic mass is 19.1. The molecule has 2 aromatic carbocycles. The van der Waals surface area contributed by atoms with Gasteiger partial charge in [0, 0.05) is 25.1 Å². The Bertz CT molecular complexity index is 833. The number of anilines is 2. The van der Waals surface area contributed by atoms with Crippen molar-refractivity contribution in [3.8, 4) is 0 Å². The van der Waals surface area contributed by atoms with E-state index >= 15 is 0 Å². The molecule has 0 radical (unpaired) electrons. The number of nitro groups is 1. The van der Waals surface area contributed by atoms with E-state index in [1.807, 2.05) is 11.8 Å². The first kappa shape index (κ1) is 17.8. The highest BCUT2D eigenvalue weighted by Gasteiger charge is 2.28. The molecule has 1 amide bonds. The summed E-state index contributed by atoms with van der Waals surface area (Å²) in [6.07, 6.45) is 1.12. The van der Waals surface area contributed by atoms with E-state index in [4.69, 9.17) is 0 Å². The Morgan fingerprint density at radius 3 is 2.62 bits per heavy atom. The van der Waals surface area contributed by atoms with E-state index in [1.54, 1.807) is 30.3 Å². The molecule has 1 fully saturated rings. The third-order valence-electron chi connectivity index (χ3n) is 4.66. The number of aryl methyl sites for hydroxylation is 1. The van der Waals surface area contributed by atoms with E-state index in [2.05, 4.69) is 5.32 Å². The van der Waals surface area contributed by atoms with E-state index in [-0.39, 0.29) is 23.2 Å². The van der Waals surface area contributed by atoms with Crippen molar-refractivity contribution in [3.05, 3.63) is 64.0 Å². The summed E-state index contributed by atoms with van der Waals surface area (Å²) in [5, 5.41) is 13.8. The second-order valence-corrected chi connectivity index (χ2v) is 6.48. The van der Waals surface area contributed by atoms with Crippen molar-refractivity contribution in [1.29, 1.82) is 0 Å². The summed E-state index contributed by atoms with van der Waals surface area (Å²) >= 11 is 0. The molecule has 3 rings (SSSR count). The zero-order valence-corrected chi connectivity index (χ0v) is 14.4. The fourth-order valence-corrected chi connectivity index (χ4v) is 3.24. The molecular weight excluding hydrogens is 337 g/mol. The van der Waals surface area contributed by atoms with Gasteiger partial charge in [-0.15, -0.1) is 0 Å². The van der Waals surface area contributed by atoms with Gasteiger partial charge >= 0.3 is 0 Å². The van der Waals surface area contributed by atoms with Crippen LogP contribution in [0.15, 0.2) is 42.5 Å². The molecule has 1 aliphatic heterocycles. The van der Waals surface area contributed by atoms with Crippen LogP contribution in [0.25, 0.3) is 0 Å². The molecule has 1 N–H and O–H groups in total. The van der Waals surface area contributed by atoms with Gasteiger partial charge in [0.2, 0.25) is 5.91 Å². The van der Waals surface area contributed by atoms with Crippen LogP contribution in [-0.2, 0) is 4.79 Å². The van der Waals surface area contributed by atoms with Gasteiger partial charge in [0.05, 0.1) is 10.6 Å². The van der Waals surface area contributed by atoms with Crippen LogP contribution in [0.5, 0.6) is 0 Å². The van der Waals surface area contributed by atoms with Crippen LogP contribution in [-0.4, -0.2) is 23.9 Å². The monoisotopic (exact) mass is 357 g/mol. The van der Waals surface area contributed by atoms with Gasteiger partial charge in [-0.05, 0) is 43.5 Å². The maximum Gasteiger partial charge on any atom is 0.292 e. The third kappa shape index (κ3) is 3.82. The Morgan fingerprint density at radius 1 is 1.23 bits per heavy atom. The molecule has 0 saturated carbocycles. The van der Waals surface area contributed by atoms with Crippen LogP contribution in [0.1, 0.15) is 18.4 Å². The Balaban J connectivity index is 1.64. The van der Waals surface area contributed by atoms with Crippen molar-refractivity contribution in [1.82, 2.24) is 0 Å². The molecule has 136 valence electrons. The Hall–Kier alpha value is -2.96. The summed E-state index contributed by atoms with van der Waals surface area (Å²) in [7, 11) is 0. The highest BCUT2D eigenvalue weighted by Crippen LogP contribution is 2.31. The van der Waals surface area contributed by atoms with Crippen LogP contribution in [0.2, 0.25) is 0 Å². The normalized spacial score (nSPS) is 14.9. The number of para-hydroxylation sites is 2. The molecule has 0 spiro atoms. The minimum atomic E-state index is -0.457. The van der Waals surface area contributed by atoms with E-state index in [0.29, 0.717) is 31.6 Å². The minimum absolute atomic E-state index is 0.0669. The predicted molar refractivity (Wildman–Crippen MR) is 97.8 cm³/mol. The second-order valence-electron chi connectivity index (χ2n) is 6.48. The van der Waals surface area contributed by atoms with Crippen LogP contribution in [0.4, 0.5) is 21.5 Å². The molecular formula is C19H20FN3O3. The first-order valence-corrected chi connectivity index (χ1v) is 8.51. The van der Waals surface area contributed by atoms with Gasteiger partial charge in [-0.25, -0.2) is 4.39 Å². The summed E-state index contributed by atoms with van der Waals surface area (Å²) < 4.78 is 13.8. The summed E-state index contributed by atoms with van der Waals surface area (Å²) in [5.74, 6) is -0.910. The van der Waals surface area contributed by atoms with E-state index in [9.17, 15) is 19.3 Å². The van der Waals surface area contributed by atoms with E-state index in [1.165, 1.54) is 12.1 Å². The zero-order valence-electron chi connectivity index (χ0n) is 14.4.